The average Bonchev–Trinajstić information content (AvgIpc) is 2.92. The minimum atomic E-state index is -3.40. The van der Waals surface area contributed by atoms with Gasteiger partial charge in [-0.15, -0.1) is 0 Å². The molecule has 1 atom stereocenters. The summed E-state index contributed by atoms with van der Waals surface area (Å²) in [5.41, 5.74) is 9.28. The molecule has 3 aromatic rings. The van der Waals surface area contributed by atoms with E-state index in [0.29, 0.717) is 40.9 Å². The lowest BCUT2D eigenvalue weighted by Crippen LogP contribution is -2.20. The Bertz CT molecular complexity index is 1430. The van der Waals surface area contributed by atoms with Crippen molar-refractivity contribution in [3.05, 3.63) is 89.0 Å². The molecule has 0 aliphatic heterocycles. The summed E-state index contributed by atoms with van der Waals surface area (Å²) in [6, 6.07) is 19.4. The van der Waals surface area contributed by atoms with Crippen molar-refractivity contribution in [2.45, 2.75) is 43.7 Å². The van der Waals surface area contributed by atoms with Crippen LogP contribution in [0.2, 0.25) is 0 Å². The first-order chi connectivity index (χ1) is 18.2. The summed E-state index contributed by atoms with van der Waals surface area (Å²) < 4.78 is 24.4. The van der Waals surface area contributed by atoms with E-state index in [4.69, 9.17) is 11.0 Å². The summed E-state index contributed by atoms with van der Waals surface area (Å²) >= 11 is 0. The summed E-state index contributed by atoms with van der Waals surface area (Å²) in [6.45, 7) is 1.61. The third-order valence-corrected chi connectivity index (χ3v) is 7.86. The van der Waals surface area contributed by atoms with E-state index >= 15 is 0 Å². The normalized spacial score (nSPS) is 11.8. The second-order valence-electron chi connectivity index (χ2n) is 8.68. The predicted molar refractivity (Wildman–Crippen MR) is 145 cm³/mol. The van der Waals surface area contributed by atoms with Gasteiger partial charge in [0.2, 0.25) is 5.91 Å². The van der Waals surface area contributed by atoms with Crippen LogP contribution in [-0.2, 0) is 32.4 Å². The molecule has 0 fully saturated rings. The van der Waals surface area contributed by atoms with Gasteiger partial charge in [0, 0.05) is 24.3 Å². The van der Waals surface area contributed by atoms with E-state index in [1.807, 2.05) is 18.2 Å². The van der Waals surface area contributed by atoms with Gasteiger partial charge < -0.3 is 21.5 Å². The number of sulfone groups is 1. The Morgan fingerprint density at radius 2 is 1.68 bits per heavy atom. The molecule has 10 heteroatoms. The maximum Gasteiger partial charge on any atom is 0.330 e. The summed E-state index contributed by atoms with van der Waals surface area (Å²) in [6.07, 6.45) is 1.45. The highest BCUT2D eigenvalue weighted by Crippen LogP contribution is 2.23. The van der Waals surface area contributed by atoms with Gasteiger partial charge in [-0.25, -0.2) is 13.2 Å². The minimum absolute atomic E-state index is 0.0305. The average molecular weight is 535 g/mol. The first kappa shape index (κ1) is 28.4. The SMILES string of the molecule is CCS(=O)(=O)c1ccc(NC(=O)CCCc2ccc(C(Nc3ccc(C#N)cc3)C(=O)O)cc2)cc1CN. The van der Waals surface area contributed by atoms with Crippen LogP contribution in [0.15, 0.2) is 71.6 Å². The number of benzene rings is 3. The number of carbonyl (C=O) groups is 2. The Hall–Kier alpha value is -4.20. The molecule has 0 saturated carbocycles. The molecule has 0 aliphatic rings. The molecule has 9 nitrogen and oxygen atoms in total. The highest BCUT2D eigenvalue weighted by Gasteiger charge is 2.20. The number of carbonyl (C=O) groups excluding carboxylic acids is 1. The fourth-order valence-electron chi connectivity index (χ4n) is 3.92. The van der Waals surface area contributed by atoms with E-state index < -0.39 is 21.8 Å². The van der Waals surface area contributed by atoms with Crippen molar-refractivity contribution in [1.29, 1.82) is 5.26 Å². The third-order valence-electron chi connectivity index (χ3n) is 6.03. The van der Waals surface area contributed by atoms with E-state index in [1.54, 1.807) is 55.5 Å². The molecule has 0 aromatic heterocycles. The van der Waals surface area contributed by atoms with Crippen molar-refractivity contribution in [1.82, 2.24) is 0 Å². The lowest BCUT2D eigenvalue weighted by molar-refractivity contribution is -0.138. The van der Waals surface area contributed by atoms with Crippen LogP contribution in [0.1, 0.15) is 48.1 Å². The molecule has 38 heavy (non-hydrogen) atoms. The Balaban J connectivity index is 1.55. The van der Waals surface area contributed by atoms with E-state index in [-0.39, 0.29) is 29.5 Å². The van der Waals surface area contributed by atoms with Gasteiger partial charge in [0.15, 0.2) is 15.9 Å². The predicted octanol–water partition coefficient (Wildman–Crippen LogP) is 4.01. The fraction of sp³-hybridized carbons (Fsp3) is 0.250. The van der Waals surface area contributed by atoms with Crippen molar-refractivity contribution < 1.29 is 23.1 Å². The summed E-state index contributed by atoms with van der Waals surface area (Å²) in [5, 5.41) is 24.4. The lowest BCUT2D eigenvalue weighted by atomic mass is 10.0. The zero-order chi connectivity index (χ0) is 27.7. The van der Waals surface area contributed by atoms with Gasteiger partial charge in [-0.2, -0.15) is 5.26 Å². The zero-order valence-electron chi connectivity index (χ0n) is 21.0. The number of hydrogen-bond donors (Lipinski definition) is 4. The van der Waals surface area contributed by atoms with Gasteiger partial charge in [0.05, 0.1) is 22.3 Å². The molecule has 0 bridgehead atoms. The monoisotopic (exact) mass is 534 g/mol. The molecule has 3 rings (SSSR count). The van der Waals surface area contributed by atoms with Gasteiger partial charge in [-0.3, -0.25) is 4.79 Å². The molecule has 0 spiro atoms. The van der Waals surface area contributed by atoms with Crippen LogP contribution in [-0.4, -0.2) is 31.2 Å². The van der Waals surface area contributed by atoms with Crippen LogP contribution in [0.3, 0.4) is 0 Å². The Morgan fingerprint density at radius 3 is 2.26 bits per heavy atom. The molecule has 1 unspecified atom stereocenters. The van der Waals surface area contributed by atoms with Gasteiger partial charge in [-0.05, 0) is 72.0 Å². The van der Waals surface area contributed by atoms with E-state index in [1.165, 1.54) is 6.07 Å². The number of rotatable bonds is 12. The Kier molecular flexibility index (Phi) is 9.60. The number of anilines is 2. The smallest absolute Gasteiger partial charge is 0.330 e. The number of nitriles is 1. The maximum atomic E-state index is 12.4. The van der Waals surface area contributed by atoms with Crippen LogP contribution in [0, 0.1) is 11.3 Å². The first-order valence-corrected chi connectivity index (χ1v) is 13.8. The summed E-state index contributed by atoms with van der Waals surface area (Å²) in [5.74, 6) is -1.26. The number of nitrogens with two attached hydrogens (primary N) is 1. The molecular formula is C28H30N4O5S. The lowest BCUT2D eigenvalue weighted by Gasteiger charge is -2.16. The Labute approximate surface area is 222 Å². The number of carboxylic acids is 1. The van der Waals surface area contributed by atoms with Gasteiger partial charge >= 0.3 is 5.97 Å². The number of aliphatic carboxylic acids is 1. The molecule has 0 aliphatic carbocycles. The topological polar surface area (TPSA) is 162 Å². The van der Waals surface area contributed by atoms with Crippen molar-refractivity contribution in [2.75, 3.05) is 16.4 Å². The molecule has 5 N–H and O–H groups in total. The van der Waals surface area contributed by atoms with Crippen molar-refractivity contribution in [3.8, 4) is 6.07 Å². The van der Waals surface area contributed by atoms with Crippen molar-refractivity contribution in [2.24, 2.45) is 5.73 Å². The van der Waals surface area contributed by atoms with Crippen LogP contribution >= 0.6 is 0 Å². The second kappa shape index (κ2) is 12.9. The minimum Gasteiger partial charge on any atom is -0.479 e. The largest absolute Gasteiger partial charge is 0.479 e. The number of carboxylic acid groups (broad SMARTS) is 1. The van der Waals surface area contributed by atoms with Gasteiger partial charge in [0.1, 0.15) is 0 Å². The fourth-order valence-corrected chi connectivity index (χ4v) is 5.05. The standard InChI is InChI=1S/C28H30N4O5S/c1-2-38(36,37)25-15-14-24(16-22(25)18-30)31-26(33)5-3-4-19-6-10-21(11-7-19)27(28(34)35)32-23-12-8-20(17-29)9-13-23/h6-16,27,32H,2-5,18,30H2,1H3,(H,31,33)(H,34,35). The van der Waals surface area contributed by atoms with Gasteiger partial charge in [0.25, 0.3) is 0 Å². The second-order valence-corrected chi connectivity index (χ2v) is 10.9. The number of hydrogen-bond acceptors (Lipinski definition) is 7. The number of nitrogens with zero attached hydrogens (tertiary/aromatic N) is 1. The van der Waals surface area contributed by atoms with E-state index in [0.717, 1.165) is 5.56 Å². The van der Waals surface area contributed by atoms with E-state index in [2.05, 4.69) is 10.6 Å². The maximum absolute atomic E-state index is 12.4. The van der Waals surface area contributed by atoms with Crippen molar-refractivity contribution >= 4 is 33.1 Å². The van der Waals surface area contributed by atoms with Crippen molar-refractivity contribution in [3.63, 3.8) is 0 Å². The molecule has 0 radical (unpaired) electrons. The number of nitrogens with one attached hydrogen (secondary N) is 2. The van der Waals surface area contributed by atoms with Gasteiger partial charge in [-0.1, -0.05) is 31.2 Å². The van der Waals surface area contributed by atoms with Crippen LogP contribution in [0.4, 0.5) is 11.4 Å². The zero-order valence-corrected chi connectivity index (χ0v) is 21.8. The number of aryl methyl sites for hydroxylation is 1. The highest BCUT2D eigenvalue weighted by atomic mass is 32.2. The molecule has 0 saturated heterocycles. The molecule has 0 heterocycles. The Morgan fingerprint density at radius 1 is 1.03 bits per heavy atom. The molecule has 198 valence electrons. The van der Waals surface area contributed by atoms with Crippen LogP contribution < -0.4 is 16.4 Å². The first-order valence-electron chi connectivity index (χ1n) is 12.1. The van der Waals surface area contributed by atoms with Crippen LogP contribution in [0.5, 0.6) is 0 Å². The summed E-state index contributed by atoms with van der Waals surface area (Å²) in [4.78, 5) is 24.4. The number of amides is 1. The molecule has 3 aromatic carbocycles. The highest BCUT2D eigenvalue weighted by molar-refractivity contribution is 7.91. The summed E-state index contributed by atoms with van der Waals surface area (Å²) in [7, 11) is -3.40. The molecule has 1 amide bonds. The molecular weight excluding hydrogens is 504 g/mol. The third kappa shape index (κ3) is 7.41. The van der Waals surface area contributed by atoms with Crippen LogP contribution in [0.25, 0.3) is 0 Å². The van der Waals surface area contributed by atoms with E-state index in [9.17, 15) is 23.1 Å². The quantitative estimate of drug-likeness (QED) is 0.271.